The highest BCUT2D eigenvalue weighted by atomic mass is 35.5. The van der Waals surface area contributed by atoms with Crippen molar-refractivity contribution < 1.29 is 13.2 Å². The Bertz CT molecular complexity index is 734. The van der Waals surface area contributed by atoms with Gasteiger partial charge in [0.1, 0.15) is 5.82 Å². The fraction of sp³-hybridized carbons (Fsp3) is 0.375. The number of hydrogen-bond acceptors (Lipinski definition) is 5. The fourth-order valence-electron chi connectivity index (χ4n) is 2.00. The molecule has 0 spiro atoms. The Morgan fingerprint density at radius 2 is 1.88 bits per heavy atom. The first-order valence-electron chi connectivity index (χ1n) is 7.53. The second-order valence-corrected chi connectivity index (χ2v) is 6.19. The molecule has 0 unspecified atom stereocenters. The zero-order chi connectivity index (χ0) is 18.6. The lowest BCUT2D eigenvalue weighted by Crippen LogP contribution is -2.22. The molecule has 9 heteroatoms. The summed E-state index contributed by atoms with van der Waals surface area (Å²) in [5, 5.41) is 6.25. The van der Waals surface area contributed by atoms with E-state index in [9.17, 15) is 13.2 Å². The fourth-order valence-corrected chi connectivity index (χ4v) is 2.11. The third kappa shape index (κ3) is 5.75. The molecule has 0 aliphatic rings. The molecule has 0 fully saturated rings. The van der Waals surface area contributed by atoms with Crippen LogP contribution in [-0.2, 0) is 6.18 Å². The summed E-state index contributed by atoms with van der Waals surface area (Å²) in [6, 6.07) is 5.95. The zero-order valence-corrected chi connectivity index (χ0v) is 14.8. The van der Waals surface area contributed by atoms with E-state index in [1.807, 2.05) is 25.9 Å². The SMILES string of the molecule is Cc1cc(Nc2cc(C(F)(F)F)nc(NCCN(C)C)n2)ccc1Cl. The van der Waals surface area contributed by atoms with Crippen molar-refractivity contribution in [2.75, 3.05) is 37.8 Å². The van der Waals surface area contributed by atoms with Crippen LogP contribution in [0.1, 0.15) is 11.3 Å². The quantitative estimate of drug-likeness (QED) is 0.795. The topological polar surface area (TPSA) is 53.1 Å². The molecule has 0 aliphatic carbocycles. The molecule has 1 heterocycles. The third-order valence-corrected chi connectivity index (χ3v) is 3.71. The van der Waals surface area contributed by atoms with E-state index in [4.69, 9.17) is 11.6 Å². The maximum absolute atomic E-state index is 13.1. The smallest absolute Gasteiger partial charge is 0.353 e. The lowest BCUT2D eigenvalue weighted by Gasteiger charge is -2.14. The van der Waals surface area contributed by atoms with Crippen LogP contribution in [0, 0.1) is 6.92 Å². The first-order valence-corrected chi connectivity index (χ1v) is 7.91. The number of halogens is 4. The molecule has 0 bridgehead atoms. The van der Waals surface area contributed by atoms with Gasteiger partial charge < -0.3 is 15.5 Å². The van der Waals surface area contributed by atoms with Crippen molar-refractivity contribution in [3.05, 3.63) is 40.5 Å². The summed E-state index contributed by atoms with van der Waals surface area (Å²) in [6.07, 6.45) is -4.56. The van der Waals surface area contributed by atoms with Crippen LogP contribution >= 0.6 is 11.6 Å². The number of aryl methyl sites for hydroxylation is 1. The van der Waals surface area contributed by atoms with Gasteiger partial charge in [0, 0.05) is 29.9 Å². The number of alkyl halides is 3. The van der Waals surface area contributed by atoms with Crippen molar-refractivity contribution >= 4 is 29.1 Å². The number of benzene rings is 1. The van der Waals surface area contributed by atoms with Gasteiger partial charge in [0.15, 0.2) is 5.69 Å². The number of hydrogen-bond donors (Lipinski definition) is 2. The van der Waals surface area contributed by atoms with Gasteiger partial charge in [0.05, 0.1) is 0 Å². The average molecular weight is 374 g/mol. The van der Waals surface area contributed by atoms with Crippen LogP contribution in [0.4, 0.5) is 30.6 Å². The van der Waals surface area contributed by atoms with Crippen molar-refractivity contribution in [2.45, 2.75) is 13.1 Å². The molecule has 0 atom stereocenters. The number of aromatic nitrogens is 2. The second kappa shape index (κ2) is 7.88. The van der Waals surface area contributed by atoms with E-state index in [1.54, 1.807) is 18.2 Å². The highest BCUT2D eigenvalue weighted by Crippen LogP contribution is 2.30. The van der Waals surface area contributed by atoms with E-state index in [1.165, 1.54) is 0 Å². The van der Waals surface area contributed by atoms with Gasteiger partial charge in [-0.2, -0.15) is 18.2 Å². The van der Waals surface area contributed by atoms with Crippen molar-refractivity contribution in [1.82, 2.24) is 14.9 Å². The van der Waals surface area contributed by atoms with Crippen LogP contribution < -0.4 is 10.6 Å². The van der Waals surface area contributed by atoms with Crippen molar-refractivity contribution in [3.8, 4) is 0 Å². The van der Waals surface area contributed by atoms with Crippen LogP contribution in [0.2, 0.25) is 5.02 Å². The summed E-state index contributed by atoms with van der Waals surface area (Å²) in [7, 11) is 3.73. The van der Waals surface area contributed by atoms with Gasteiger partial charge in [0.25, 0.3) is 0 Å². The van der Waals surface area contributed by atoms with Gasteiger partial charge in [-0.3, -0.25) is 0 Å². The van der Waals surface area contributed by atoms with Crippen molar-refractivity contribution in [3.63, 3.8) is 0 Å². The minimum absolute atomic E-state index is 0.0522. The second-order valence-electron chi connectivity index (χ2n) is 5.78. The van der Waals surface area contributed by atoms with Crippen LogP contribution in [0.25, 0.3) is 0 Å². The lowest BCUT2D eigenvalue weighted by atomic mass is 10.2. The van der Waals surface area contributed by atoms with Gasteiger partial charge >= 0.3 is 6.18 Å². The van der Waals surface area contributed by atoms with Crippen LogP contribution in [0.5, 0.6) is 0 Å². The summed E-state index contributed by atoms with van der Waals surface area (Å²) >= 11 is 5.96. The van der Waals surface area contributed by atoms with Crippen LogP contribution in [-0.4, -0.2) is 42.1 Å². The van der Waals surface area contributed by atoms with E-state index < -0.39 is 11.9 Å². The first kappa shape index (κ1) is 19.3. The van der Waals surface area contributed by atoms with Gasteiger partial charge in [-0.25, -0.2) is 4.98 Å². The molecule has 136 valence electrons. The number of rotatable bonds is 6. The molecule has 0 radical (unpaired) electrons. The van der Waals surface area contributed by atoms with Gasteiger partial charge in [-0.05, 0) is 44.8 Å². The minimum atomic E-state index is -4.56. The predicted octanol–water partition coefficient (Wildman–Crippen LogP) is 4.17. The molecule has 2 rings (SSSR count). The summed E-state index contributed by atoms with van der Waals surface area (Å²) in [4.78, 5) is 9.55. The predicted molar refractivity (Wildman–Crippen MR) is 93.5 cm³/mol. The van der Waals surface area contributed by atoms with Gasteiger partial charge in [0.2, 0.25) is 5.95 Å². The molecule has 0 amide bonds. The molecule has 2 aromatic rings. The molecular formula is C16H19ClF3N5. The Kier molecular flexibility index (Phi) is 6.07. The van der Waals surface area contributed by atoms with Crippen LogP contribution in [0.3, 0.4) is 0 Å². The highest BCUT2D eigenvalue weighted by molar-refractivity contribution is 6.31. The Morgan fingerprint density at radius 1 is 1.16 bits per heavy atom. The molecule has 25 heavy (non-hydrogen) atoms. The van der Waals surface area contributed by atoms with Crippen LogP contribution in [0.15, 0.2) is 24.3 Å². The Balaban J connectivity index is 2.27. The number of likely N-dealkylation sites (N-methyl/N-ethyl adjacent to an activating group) is 1. The summed E-state index contributed by atoms with van der Waals surface area (Å²) in [5.74, 6) is -0.0266. The zero-order valence-electron chi connectivity index (χ0n) is 14.1. The third-order valence-electron chi connectivity index (χ3n) is 3.29. The standard InChI is InChI=1S/C16H19ClF3N5/c1-10-8-11(4-5-12(10)17)22-14-9-13(16(18,19)20)23-15(24-14)21-6-7-25(2)3/h4-5,8-9H,6-7H2,1-3H3,(H2,21,22,23,24). The van der Waals surface area contributed by atoms with E-state index >= 15 is 0 Å². The number of nitrogens with one attached hydrogen (secondary N) is 2. The van der Waals surface area contributed by atoms with E-state index in [0.717, 1.165) is 11.6 Å². The molecule has 1 aromatic heterocycles. The lowest BCUT2D eigenvalue weighted by molar-refractivity contribution is -0.141. The molecule has 5 nitrogen and oxygen atoms in total. The molecule has 0 aliphatic heterocycles. The maximum atomic E-state index is 13.1. The Labute approximate surface area is 149 Å². The minimum Gasteiger partial charge on any atom is -0.353 e. The normalized spacial score (nSPS) is 11.7. The molecule has 2 N–H and O–H groups in total. The Hall–Kier alpha value is -2.06. The number of nitrogens with zero attached hydrogens (tertiary/aromatic N) is 3. The molecule has 1 aromatic carbocycles. The summed E-state index contributed by atoms with van der Waals surface area (Å²) < 4.78 is 39.2. The summed E-state index contributed by atoms with van der Waals surface area (Å²) in [5.41, 5.74) is 0.386. The summed E-state index contributed by atoms with van der Waals surface area (Å²) in [6.45, 7) is 2.87. The molecule has 0 saturated carbocycles. The Morgan fingerprint density at radius 3 is 2.48 bits per heavy atom. The maximum Gasteiger partial charge on any atom is 0.433 e. The number of anilines is 3. The first-order chi connectivity index (χ1) is 11.6. The molecule has 0 saturated heterocycles. The van der Waals surface area contributed by atoms with E-state index in [-0.39, 0.29) is 11.8 Å². The van der Waals surface area contributed by atoms with E-state index in [0.29, 0.717) is 23.8 Å². The average Bonchev–Trinajstić information content (AvgIpc) is 2.49. The monoisotopic (exact) mass is 373 g/mol. The molecular weight excluding hydrogens is 355 g/mol. The van der Waals surface area contributed by atoms with Crippen molar-refractivity contribution in [1.29, 1.82) is 0 Å². The van der Waals surface area contributed by atoms with Crippen molar-refractivity contribution in [2.24, 2.45) is 0 Å². The largest absolute Gasteiger partial charge is 0.433 e. The highest BCUT2D eigenvalue weighted by Gasteiger charge is 2.33. The van der Waals surface area contributed by atoms with Gasteiger partial charge in [-0.15, -0.1) is 0 Å². The van der Waals surface area contributed by atoms with Gasteiger partial charge in [-0.1, -0.05) is 11.6 Å². The van der Waals surface area contributed by atoms with E-state index in [2.05, 4.69) is 20.6 Å².